The second-order valence-electron chi connectivity index (χ2n) is 3.85. The summed E-state index contributed by atoms with van der Waals surface area (Å²) < 4.78 is 0. The molecule has 2 N–H and O–H groups in total. The van der Waals surface area contributed by atoms with Crippen molar-refractivity contribution in [2.75, 3.05) is 6.54 Å². The highest BCUT2D eigenvalue weighted by atomic mass is 14.5. The summed E-state index contributed by atoms with van der Waals surface area (Å²) in [5.41, 5.74) is 7.04. The minimum atomic E-state index is 0.801. The maximum absolute atomic E-state index is 5.41. The zero-order valence-corrected chi connectivity index (χ0v) is 7.64. The van der Waals surface area contributed by atoms with Crippen LogP contribution in [0, 0.1) is 11.8 Å². The molecule has 0 amide bonds. The van der Waals surface area contributed by atoms with Gasteiger partial charge in [-0.05, 0) is 37.6 Å². The first kappa shape index (κ1) is 8.79. The average molecular weight is 153 g/mol. The van der Waals surface area contributed by atoms with Gasteiger partial charge in [0.2, 0.25) is 0 Å². The van der Waals surface area contributed by atoms with Crippen LogP contribution in [-0.4, -0.2) is 6.54 Å². The number of nitrogens with two attached hydrogens (primary N) is 1. The molecule has 1 saturated carbocycles. The van der Waals surface area contributed by atoms with Crippen LogP contribution in [-0.2, 0) is 0 Å². The topological polar surface area (TPSA) is 26.0 Å². The van der Waals surface area contributed by atoms with Crippen LogP contribution in [0.5, 0.6) is 0 Å². The molecule has 0 aromatic heterocycles. The molecule has 0 unspecified atom stereocenters. The third-order valence-electron chi connectivity index (χ3n) is 2.59. The van der Waals surface area contributed by atoms with Crippen LogP contribution in [0.4, 0.5) is 0 Å². The van der Waals surface area contributed by atoms with Crippen LogP contribution in [0.15, 0.2) is 11.6 Å². The van der Waals surface area contributed by atoms with Crippen molar-refractivity contribution in [2.24, 2.45) is 17.6 Å². The van der Waals surface area contributed by atoms with E-state index in [-0.39, 0.29) is 0 Å². The molecular weight excluding hydrogens is 134 g/mol. The molecule has 0 atom stereocenters. The molecule has 1 fully saturated rings. The molecule has 0 aromatic rings. The largest absolute Gasteiger partial charge is 0.330 e. The number of allylic oxidation sites excluding steroid dienone is 1. The van der Waals surface area contributed by atoms with Crippen molar-refractivity contribution in [2.45, 2.75) is 33.1 Å². The minimum absolute atomic E-state index is 0.801. The SMILES string of the molecule is CC(C)C1CC(=CCCN)C1. The van der Waals surface area contributed by atoms with E-state index in [0.717, 1.165) is 24.8 Å². The maximum atomic E-state index is 5.41. The lowest BCUT2D eigenvalue weighted by molar-refractivity contribution is 0.308. The van der Waals surface area contributed by atoms with E-state index >= 15 is 0 Å². The van der Waals surface area contributed by atoms with Crippen LogP contribution < -0.4 is 5.73 Å². The highest BCUT2D eigenvalue weighted by Gasteiger charge is 2.24. The average Bonchev–Trinajstić information content (AvgIpc) is 1.84. The van der Waals surface area contributed by atoms with Crippen LogP contribution in [0.25, 0.3) is 0 Å². The standard InChI is InChI=1S/C10H19N/c1-8(2)10-6-9(7-10)4-3-5-11/h4,8,10H,3,5-7,11H2,1-2H3. The molecule has 0 aromatic carbocycles. The summed E-state index contributed by atoms with van der Waals surface area (Å²) in [6.45, 7) is 5.42. The summed E-state index contributed by atoms with van der Waals surface area (Å²) in [6, 6.07) is 0. The van der Waals surface area contributed by atoms with Crippen LogP contribution >= 0.6 is 0 Å². The van der Waals surface area contributed by atoms with E-state index in [1.165, 1.54) is 12.8 Å². The molecule has 0 saturated heterocycles. The highest BCUT2D eigenvalue weighted by Crippen LogP contribution is 2.38. The predicted octanol–water partition coefficient (Wildman–Crippen LogP) is 2.33. The fourth-order valence-corrected chi connectivity index (χ4v) is 1.54. The van der Waals surface area contributed by atoms with E-state index in [1.54, 1.807) is 5.57 Å². The van der Waals surface area contributed by atoms with Crippen molar-refractivity contribution in [3.8, 4) is 0 Å². The summed E-state index contributed by atoms with van der Waals surface area (Å²) in [5.74, 6) is 1.82. The van der Waals surface area contributed by atoms with Gasteiger partial charge in [0.25, 0.3) is 0 Å². The molecular formula is C10H19N. The molecule has 64 valence electrons. The van der Waals surface area contributed by atoms with Gasteiger partial charge in [0.05, 0.1) is 0 Å². The van der Waals surface area contributed by atoms with Gasteiger partial charge in [-0.3, -0.25) is 0 Å². The molecule has 1 aliphatic rings. The second-order valence-corrected chi connectivity index (χ2v) is 3.85. The molecule has 0 bridgehead atoms. The summed E-state index contributed by atoms with van der Waals surface area (Å²) in [7, 11) is 0. The Morgan fingerprint density at radius 3 is 2.64 bits per heavy atom. The number of hydrogen-bond acceptors (Lipinski definition) is 1. The Kier molecular flexibility index (Phi) is 3.13. The van der Waals surface area contributed by atoms with Crippen LogP contribution in [0.2, 0.25) is 0 Å². The Bertz CT molecular complexity index is 139. The fraction of sp³-hybridized carbons (Fsp3) is 0.800. The van der Waals surface area contributed by atoms with Gasteiger partial charge < -0.3 is 5.73 Å². The molecule has 1 heteroatoms. The molecule has 0 radical (unpaired) electrons. The van der Waals surface area contributed by atoms with Gasteiger partial charge in [-0.2, -0.15) is 0 Å². The third kappa shape index (κ3) is 2.33. The lowest BCUT2D eigenvalue weighted by Crippen LogP contribution is -2.20. The van der Waals surface area contributed by atoms with E-state index in [1.807, 2.05) is 0 Å². The van der Waals surface area contributed by atoms with Gasteiger partial charge in [0, 0.05) is 0 Å². The Balaban J connectivity index is 2.18. The van der Waals surface area contributed by atoms with Gasteiger partial charge in [-0.1, -0.05) is 25.5 Å². The Morgan fingerprint density at radius 1 is 1.55 bits per heavy atom. The molecule has 1 rings (SSSR count). The zero-order valence-electron chi connectivity index (χ0n) is 7.64. The Labute approximate surface area is 69.7 Å². The Hall–Kier alpha value is -0.300. The molecule has 1 nitrogen and oxygen atoms in total. The zero-order chi connectivity index (χ0) is 8.27. The lowest BCUT2D eigenvalue weighted by Gasteiger charge is -2.32. The van der Waals surface area contributed by atoms with Crippen molar-refractivity contribution < 1.29 is 0 Å². The van der Waals surface area contributed by atoms with Gasteiger partial charge in [0.1, 0.15) is 0 Å². The summed E-state index contributed by atoms with van der Waals surface area (Å²) in [6.07, 6.45) is 6.05. The summed E-state index contributed by atoms with van der Waals surface area (Å²) in [4.78, 5) is 0. The highest BCUT2D eigenvalue weighted by molar-refractivity contribution is 5.13. The quantitative estimate of drug-likeness (QED) is 0.619. The van der Waals surface area contributed by atoms with E-state index < -0.39 is 0 Å². The van der Waals surface area contributed by atoms with E-state index in [4.69, 9.17) is 5.73 Å². The van der Waals surface area contributed by atoms with Crippen molar-refractivity contribution in [3.05, 3.63) is 11.6 Å². The molecule has 0 aliphatic heterocycles. The normalized spacial score (nSPS) is 23.6. The number of rotatable bonds is 3. The first-order chi connectivity index (χ1) is 5.24. The summed E-state index contributed by atoms with van der Waals surface area (Å²) >= 11 is 0. The van der Waals surface area contributed by atoms with Gasteiger partial charge in [0.15, 0.2) is 0 Å². The molecule has 1 aliphatic carbocycles. The van der Waals surface area contributed by atoms with E-state index in [9.17, 15) is 0 Å². The minimum Gasteiger partial charge on any atom is -0.330 e. The first-order valence-electron chi connectivity index (χ1n) is 4.62. The van der Waals surface area contributed by atoms with Gasteiger partial charge >= 0.3 is 0 Å². The van der Waals surface area contributed by atoms with Crippen molar-refractivity contribution in [3.63, 3.8) is 0 Å². The molecule has 0 heterocycles. The fourth-order valence-electron chi connectivity index (χ4n) is 1.54. The molecule has 11 heavy (non-hydrogen) atoms. The maximum Gasteiger partial charge on any atom is -0.00425 e. The van der Waals surface area contributed by atoms with Gasteiger partial charge in [-0.15, -0.1) is 0 Å². The van der Waals surface area contributed by atoms with Crippen molar-refractivity contribution >= 4 is 0 Å². The smallest absolute Gasteiger partial charge is 0.00425 e. The third-order valence-corrected chi connectivity index (χ3v) is 2.59. The predicted molar refractivity (Wildman–Crippen MR) is 49.3 cm³/mol. The number of hydrogen-bond donors (Lipinski definition) is 1. The summed E-state index contributed by atoms with van der Waals surface area (Å²) in [5, 5.41) is 0. The molecule has 0 spiro atoms. The van der Waals surface area contributed by atoms with Gasteiger partial charge in [-0.25, -0.2) is 0 Å². The van der Waals surface area contributed by atoms with Crippen LogP contribution in [0.1, 0.15) is 33.1 Å². The van der Waals surface area contributed by atoms with Crippen molar-refractivity contribution in [1.29, 1.82) is 0 Å². The van der Waals surface area contributed by atoms with Crippen LogP contribution in [0.3, 0.4) is 0 Å². The van der Waals surface area contributed by atoms with E-state index in [2.05, 4.69) is 19.9 Å². The monoisotopic (exact) mass is 153 g/mol. The Morgan fingerprint density at radius 2 is 2.18 bits per heavy atom. The van der Waals surface area contributed by atoms with E-state index in [0.29, 0.717) is 0 Å². The second kappa shape index (κ2) is 3.91. The van der Waals surface area contributed by atoms with Crippen molar-refractivity contribution in [1.82, 2.24) is 0 Å². The lowest BCUT2D eigenvalue weighted by atomic mass is 9.73. The first-order valence-corrected chi connectivity index (χ1v) is 4.62.